The van der Waals surface area contributed by atoms with Crippen molar-refractivity contribution in [2.24, 2.45) is 0 Å². The van der Waals surface area contributed by atoms with E-state index in [1.807, 2.05) is 18.7 Å². The first-order valence-electron chi connectivity index (χ1n) is 6.56. The van der Waals surface area contributed by atoms with E-state index in [4.69, 9.17) is 0 Å². The highest BCUT2D eigenvalue weighted by molar-refractivity contribution is 7.99. The maximum absolute atomic E-state index is 11.2. The number of unbranched alkanes of at least 4 members (excludes halogenated alkanes) is 1. The zero-order valence-corrected chi connectivity index (χ0v) is 12.4. The Morgan fingerprint density at radius 1 is 1.41 bits per heavy atom. The summed E-state index contributed by atoms with van der Waals surface area (Å²) < 4.78 is 0. The van der Waals surface area contributed by atoms with Crippen LogP contribution in [0.2, 0.25) is 0 Å². The summed E-state index contributed by atoms with van der Waals surface area (Å²) in [7, 11) is 0. The minimum absolute atomic E-state index is 0.699. The average molecular weight is 261 g/mol. The smallest absolute Gasteiger partial charge is 0.323 e. The number of hydrogen-bond acceptors (Lipinski definition) is 3. The second-order valence-corrected chi connectivity index (χ2v) is 6.26. The van der Waals surface area contributed by atoms with Crippen LogP contribution in [-0.4, -0.2) is 34.2 Å². The molecular weight excluding hydrogens is 234 g/mol. The van der Waals surface area contributed by atoms with E-state index in [2.05, 4.69) is 19.2 Å². The van der Waals surface area contributed by atoms with E-state index in [9.17, 15) is 9.90 Å². The number of likely N-dealkylation sites (N-methyl/N-ethyl adjacent to an activating group) is 1. The van der Waals surface area contributed by atoms with Crippen LogP contribution in [0.3, 0.4) is 0 Å². The second kappa shape index (κ2) is 8.81. The fourth-order valence-corrected chi connectivity index (χ4v) is 2.65. The van der Waals surface area contributed by atoms with Gasteiger partial charge in [-0.05, 0) is 38.5 Å². The fourth-order valence-electron chi connectivity index (χ4n) is 1.64. The first-order chi connectivity index (χ1) is 7.96. The van der Waals surface area contributed by atoms with Gasteiger partial charge in [-0.2, -0.15) is 11.8 Å². The van der Waals surface area contributed by atoms with Gasteiger partial charge in [-0.25, -0.2) is 0 Å². The third-order valence-electron chi connectivity index (χ3n) is 3.09. The van der Waals surface area contributed by atoms with Gasteiger partial charge in [-0.1, -0.05) is 27.2 Å². The number of carboxylic acid groups (broad SMARTS) is 1. The van der Waals surface area contributed by atoms with Crippen LogP contribution in [0.15, 0.2) is 0 Å². The Morgan fingerprint density at radius 2 is 2.06 bits per heavy atom. The fraction of sp³-hybridized carbons (Fsp3) is 0.923. The van der Waals surface area contributed by atoms with E-state index in [0.717, 1.165) is 23.8 Å². The summed E-state index contributed by atoms with van der Waals surface area (Å²) in [4.78, 5) is 11.2. The summed E-state index contributed by atoms with van der Waals surface area (Å²) in [5.41, 5.74) is -0.754. The molecule has 17 heavy (non-hydrogen) atoms. The zero-order chi connectivity index (χ0) is 13.3. The van der Waals surface area contributed by atoms with E-state index in [0.29, 0.717) is 13.0 Å². The topological polar surface area (TPSA) is 49.3 Å². The van der Waals surface area contributed by atoms with Crippen molar-refractivity contribution in [3.8, 4) is 0 Å². The zero-order valence-electron chi connectivity index (χ0n) is 11.6. The molecule has 0 bridgehead atoms. The summed E-state index contributed by atoms with van der Waals surface area (Å²) in [6.45, 7) is 8.86. The van der Waals surface area contributed by atoms with Gasteiger partial charge in [0.1, 0.15) is 5.54 Å². The van der Waals surface area contributed by atoms with E-state index in [-0.39, 0.29) is 0 Å². The van der Waals surface area contributed by atoms with Gasteiger partial charge in [-0.15, -0.1) is 0 Å². The maximum Gasteiger partial charge on any atom is 0.323 e. The van der Waals surface area contributed by atoms with E-state index >= 15 is 0 Å². The highest BCUT2D eigenvalue weighted by Crippen LogP contribution is 2.19. The first-order valence-corrected chi connectivity index (χ1v) is 7.61. The minimum Gasteiger partial charge on any atom is -0.480 e. The monoisotopic (exact) mass is 261 g/mol. The van der Waals surface area contributed by atoms with Crippen LogP contribution in [0, 0.1) is 0 Å². The molecule has 0 aromatic rings. The lowest BCUT2D eigenvalue weighted by molar-refractivity contribution is -0.144. The van der Waals surface area contributed by atoms with Gasteiger partial charge in [-0.3, -0.25) is 4.79 Å². The molecule has 102 valence electrons. The molecule has 2 N–H and O–H groups in total. The number of hydrogen-bond donors (Lipinski definition) is 2. The van der Waals surface area contributed by atoms with Gasteiger partial charge >= 0.3 is 5.97 Å². The molecule has 0 radical (unpaired) electrons. The van der Waals surface area contributed by atoms with Gasteiger partial charge in [0.2, 0.25) is 0 Å². The quantitative estimate of drug-likeness (QED) is 0.593. The lowest BCUT2D eigenvalue weighted by atomic mass is 9.95. The van der Waals surface area contributed by atoms with Crippen LogP contribution < -0.4 is 5.32 Å². The minimum atomic E-state index is -0.754. The predicted molar refractivity (Wildman–Crippen MR) is 75.8 cm³/mol. The maximum atomic E-state index is 11.2. The number of carboxylic acids is 1. The third-order valence-corrected chi connectivity index (χ3v) is 4.51. The lowest BCUT2D eigenvalue weighted by Gasteiger charge is -2.25. The number of rotatable bonds is 10. The summed E-state index contributed by atoms with van der Waals surface area (Å²) in [5, 5.41) is 13.0. The van der Waals surface area contributed by atoms with E-state index in [1.54, 1.807) is 6.92 Å². The summed E-state index contributed by atoms with van der Waals surface area (Å²) in [6, 6.07) is 0. The third kappa shape index (κ3) is 6.94. The Hall–Kier alpha value is -0.220. The van der Waals surface area contributed by atoms with Crippen molar-refractivity contribution in [1.82, 2.24) is 5.32 Å². The Labute approximate surface area is 110 Å². The molecule has 2 unspecified atom stereocenters. The molecule has 0 aliphatic carbocycles. The Morgan fingerprint density at radius 3 is 2.53 bits per heavy atom. The summed E-state index contributed by atoms with van der Waals surface area (Å²) >= 11 is 1.98. The van der Waals surface area contributed by atoms with Crippen LogP contribution in [0.25, 0.3) is 0 Å². The predicted octanol–water partition coefficient (Wildman–Crippen LogP) is 3.14. The van der Waals surface area contributed by atoms with Crippen molar-refractivity contribution in [2.45, 2.75) is 64.2 Å². The Balaban J connectivity index is 3.80. The Bertz CT molecular complexity index is 223. The standard InChI is InChI=1S/C13H27NO2S/c1-5-11(3)17-10-8-7-9-13(4,12(15)16)14-6-2/h11,14H,5-10H2,1-4H3,(H,15,16). The number of aliphatic carboxylic acids is 1. The van der Waals surface area contributed by atoms with Gasteiger partial charge in [0.05, 0.1) is 0 Å². The largest absolute Gasteiger partial charge is 0.480 e. The van der Waals surface area contributed by atoms with Crippen LogP contribution in [0.1, 0.15) is 53.4 Å². The van der Waals surface area contributed by atoms with Gasteiger partial charge in [0, 0.05) is 5.25 Å². The highest BCUT2D eigenvalue weighted by Gasteiger charge is 2.30. The molecule has 0 saturated carbocycles. The van der Waals surface area contributed by atoms with Crippen molar-refractivity contribution in [1.29, 1.82) is 0 Å². The normalized spacial score (nSPS) is 16.5. The van der Waals surface area contributed by atoms with E-state index < -0.39 is 11.5 Å². The molecule has 0 aliphatic rings. The molecule has 0 aliphatic heterocycles. The molecular formula is C13H27NO2S. The van der Waals surface area contributed by atoms with Crippen molar-refractivity contribution in [2.75, 3.05) is 12.3 Å². The van der Waals surface area contributed by atoms with Gasteiger partial charge < -0.3 is 10.4 Å². The van der Waals surface area contributed by atoms with Crippen molar-refractivity contribution in [3.63, 3.8) is 0 Å². The lowest BCUT2D eigenvalue weighted by Crippen LogP contribution is -2.49. The Kier molecular flexibility index (Phi) is 8.70. The van der Waals surface area contributed by atoms with Crippen molar-refractivity contribution >= 4 is 17.7 Å². The molecule has 0 heterocycles. The molecule has 0 spiro atoms. The van der Waals surface area contributed by atoms with Crippen LogP contribution in [0.4, 0.5) is 0 Å². The molecule has 0 fully saturated rings. The molecule has 3 nitrogen and oxygen atoms in total. The molecule has 0 saturated heterocycles. The number of carbonyl (C=O) groups is 1. The number of thioether (sulfide) groups is 1. The second-order valence-electron chi connectivity index (χ2n) is 4.71. The molecule has 0 rings (SSSR count). The average Bonchev–Trinajstić information content (AvgIpc) is 2.28. The molecule has 0 aromatic carbocycles. The molecule has 0 amide bonds. The highest BCUT2D eigenvalue weighted by atomic mass is 32.2. The van der Waals surface area contributed by atoms with Gasteiger partial charge in [0.25, 0.3) is 0 Å². The number of nitrogens with one attached hydrogen (secondary N) is 1. The van der Waals surface area contributed by atoms with Crippen LogP contribution >= 0.6 is 11.8 Å². The van der Waals surface area contributed by atoms with Gasteiger partial charge in [0.15, 0.2) is 0 Å². The van der Waals surface area contributed by atoms with Crippen molar-refractivity contribution < 1.29 is 9.90 Å². The van der Waals surface area contributed by atoms with Crippen LogP contribution in [-0.2, 0) is 4.79 Å². The SMILES string of the molecule is CCNC(C)(CCCCSC(C)CC)C(=O)O. The summed E-state index contributed by atoms with van der Waals surface area (Å²) in [5.74, 6) is 0.394. The first kappa shape index (κ1) is 16.8. The summed E-state index contributed by atoms with van der Waals surface area (Å²) in [6.07, 6.45) is 3.98. The van der Waals surface area contributed by atoms with E-state index in [1.165, 1.54) is 6.42 Å². The molecule has 2 atom stereocenters. The van der Waals surface area contributed by atoms with Crippen molar-refractivity contribution in [3.05, 3.63) is 0 Å². The van der Waals surface area contributed by atoms with Crippen LogP contribution in [0.5, 0.6) is 0 Å². The molecule has 0 aromatic heterocycles. The molecule has 4 heteroatoms.